The molecular formula is C11H9Cl2N5O2. The highest BCUT2D eigenvalue weighted by molar-refractivity contribution is 6.39. The molecule has 0 atom stereocenters. The van der Waals surface area contributed by atoms with Gasteiger partial charge in [0.2, 0.25) is 11.8 Å². The molecule has 0 saturated heterocycles. The predicted molar refractivity (Wildman–Crippen MR) is 78.0 cm³/mol. The summed E-state index contributed by atoms with van der Waals surface area (Å²) in [5.41, 5.74) is 0.0691. The van der Waals surface area contributed by atoms with Gasteiger partial charge >= 0.3 is 5.69 Å². The predicted octanol–water partition coefficient (Wildman–Crippen LogP) is 3.48. The zero-order valence-corrected chi connectivity index (χ0v) is 11.7. The second kappa shape index (κ2) is 5.89. The van der Waals surface area contributed by atoms with Crippen LogP contribution in [0.4, 0.5) is 23.1 Å². The average Bonchev–Trinajstić information content (AvgIpc) is 2.42. The van der Waals surface area contributed by atoms with Crippen LogP contribution in [0.1, 0.15) is 0 Å². The minimum atomic E-state index is -0.591. The fraction of sp³-hybridized carbons (Fsp3) is 0.0909. The lowest BCUT2D eigenvalue weighted by Crippen LogP contribution is -2.04. The van der Waals surface area contributed by atoms with Crippen LogP contribution in [0.3, 0.4) is 0 Å². The van der Waals surface area contributed by atoms with E-state index in [-0.39, 0.29) is 17.5 Å². The number of rotatable bonds is 4. The lowest BCUT2D eigenvalue weighted by atomic mass is 10.3. The van der Waals surface area contributed by atoms with Crippen molar-refractivity contribution in [3.63, 3.8) is 0 Å². The molecule has 1 aromatic heterocycles. The van der Waals surface area contributed by atoms with Crippen LogP contribution in [0.25, 0.3) is 0 Å². The third-order valence-corrected chi connectivity index (χ3v) is 3.03. The van der Waals surface area contributed by atoms with Gasteiger partial charge in [-0.15, -0.1) is 0 Å². The van der Waals surface area contributed by atoms with Crippen LogP contribution >= 0.6 is 23.2 Å². The molecule has 0 aliphatic carbocycles. The van der Waals surface area contributed by atoms with Crippen molar-refractivity contribution >= 4 is 46.3 Å². The second-order valence-corrected chi connectivity index (χ2v) is 4.47. The van der Waals surface area contributed by atoms with Crippen molar-refractivity contribution in [2.24, 2.45) is 0 Å². The lowest BCUT2D eigenvalue weighted by Gasteiger charge is -2.10. The zero-order valence-electron chi connectivity index (χ0n) is 10.2. The molecule has 0 aliphatic heterocycles. The van der Waals surface area contributed by atoms with Crippen LogP contribution in [0.15, 0.2) is 24.4 Å². The summed E-state index contributed by atoms with van der Waals surface area (Å²) in [7, 11) is 1.60. The number of benzene rings is 1. The maximum absolute atomic E-state index is 11.0. The van der Waals surface area contributed by atoms with Crippen molar-refractivity contribution in [3.8, 4) is 0 Å². The summed E-state index contributed by atoms with van der Waals surface area (Å²) in [6.07, 6.45) is 1.10. The molecule has 1 heterocycles. The Bertz CT molecular complexity index is 645. The first-order chi connectivity index (χ1) is 9.52. The molecule has 104 valence electrons. The highest BCUT2D eigenvalue weighted by Gasteiger charge is 2.19. The molecule has 0 spiro atoms. The summed E-state index contributed by atoms with van der Waals surface area (Å²) in [6, 6.07) is 4.90. The van der Waals surface area contributed by atoms with Gasteiger partial charge in [-0.25, -0.2) is 4.98 Å². The maximum atomic E-state index is 11.0. The number of nitrogens with one attached hydrogen (secondary N) is 2. The van der Waals surface area contributed by atoms with Crippen LogP contribution in [0.5, 0.6) is 0 Å². The summed E-state index contributed by atoms with van der Waals surface area (Å²) in [5, 5.41) is 17.1. The molecule has 9 heteroatoms. The highest BCUT2D eigenvalue weighted by Crippen LogP contribution is 2.34. The molecule has 7 nitrogen and oxygen atoms in total. The third kappa shape index (κ3) is 2.89. The fourth-order valence-electron chi connectivity index (χ4n) is 1.46. The van der Waals surface area contributed by atoms with Crippen molar-refractivity contribution in [2.45, 2.75) is 0 Å². The Kier molecular flexibility index (Phi) is 4.21. The van der Waals surface area contributed by atoms with Crippen molar-refractivity contribution in [2.75, 3.05) is 17.7 Å². The van der Waals surface area contributed by atoms with Gasteiger partial charge in [0.1, 0.15) is 6.20 Å². The van der Waals surface area contributed by atoms with Gasteiger partial charge in [-0.2, -0.15) is 4.98 Å². The van der Waals surface area contributed by atoms with Crippen LogP contribution < -0.4 is 10.6 Å². The van der Waals surface area contributed by atoms with E-state index in [0.717, 1.165) is 6.20 Å². The van der Waals surface area contributed by atoms with E-state index >= 15 is 0 Å². The van der Waals surface area contributed by atoms with Crippen LogP contribution in [0.2, 0.25) is 10.0 Å². The van der Waals surface area contributed by atoms with Crippen LogP contribution in [0, 0.1) is 10.1 Å². The average molecular weight is 314 g/mol. The monoisotopic (exact) mass is 313 g/mol. The smallest absolute Gasteiger partial charge is 0.329 e. The third-order valence-electron chi connectivity index (χ3n) is 2.40. The molecule has 0 unspecified atom stereocenters. The number of hydrogen-bond acceptors (Lipinski definition) is 6. The number of nitro groups is 1. The summed E-state index contributed by atoms with van der Waals surface area (Å²) < 4.78 is 0. The molecule has 0 aliphatic rings. The summed E-state index contributed by atoms with van der Waals surface area (Å²) in [4.78, 5) is 18.2. The molecule has 0 saturated carbocycles. The van der Waals surface area contributed by atoms with Crippen molar-refractivity contribution in [3.05, 3.63) is 44.6 Å². The standard InChI is InChI=1S/C11H9Cl2N5O2/c1-14-11-15-5-8(18(19)20)10(17-11)16-9-6(12)3-2-4-7(9)13/h2-5H,1H3,(H2,14,15,16,17). The molecular weight excluding hydrogens is 305 g/mol. The van der Waals surface area contributed by atoms with Gasteiger partial charge in [0.15, 0.2) is 0 Å². The maximum Gasteiger partial charge on any atom is 0.329 e. The first-order valence-corrected chi connectivity index (χ1v) is 6.18. The van der Waals surface area contributed by atoms with E-state index in [9.17, 15) is 10.1 Å². The Labute approximate surface area is 124 Å². The highest BCUT2D eigenvalue weighted by atomic mass is 35.5. The quantitative estimate of drug-likeness (QED) is 0.663. The van der Waals surface area contributed by atoms with Crippen molar-refractivity contribution < 1.29 is 4.92 Å². The number of nitrogens with zero attached hydrogens (tertiary/aromatic N) is 3. The molecule has 2 N–H and O–H groups in total. The largest absolute Gasteiger partial charge is 0.357 e. The van der Waals surface area contributed by atoms with Crippen molar-refractivity contribution in [1.29, 1.82) is 0 Å². The van der Waals surface area contributed by atoms with Gasteiger partial charge < -0.3 is 10.6 Å². The number of anilines is 3. The van der Waals surface area contributed by atoms with Gasteiger partial charge in [-0.3, -0.25) is 10.1 Å². The minimum Gasteiger partial charge on any atom is -0.357 e. The van der Waals surface area contributed by atoms with Gasteiger partial charge in [0, 0.05) is 7.05 Å². The first kappa shape index (κ1) is 14.3. The van der Waals surface area contributed by atoms with Gasteiger partial charge in [0.25, 0.3) is 0 Å². The van der Waals surface area contributed by atoms with E-state index in [0.29, 0.717) is 15.7 Å². The van der Waals surface area contributed by atoms with Gasteiger partial charge in [-0.1, -0.05) is 29.3 Å². The topological polar surface area (TPSA) is 93.0 Å². The zero-order chi connectivity index (χ0) is 14.7. The van der Waals surface area contributed by atoms with Gasteiger partial charge in [-0.05, 0) is 12.1 Å². The molecule has 2 rings (SSSR count). The number of para-hydroxylation sites is 1. The van der Waals surface area contributed by atoms with E-state index < -0.39 is 4.92 Å². The molecule has 1 aromatic carbocycles. The fourth-order valence-corrected chi connectivity index (χ4v) is 1.95. The summed E-state index contributed by atoms with van der Waals surface area (Å²) >= 11 is 12.0. The van der Waals surface area contributed by atoms with Crippen LogP contribution in [-0.2, 0) is 0 Å². The Hall–Kier alpha value is -2.12. The Balaban J connectivity index is 2.49. The van der Waals surface area contributed by atoms with E-state index in [1.165, 1.54) is 0 Å². The normalized spacial score (nSPS) is 10.2. The van der Waals surface area contributed by atoms with E-state index in [2.05, 4.69) is 20.6 Å². The van der Waals surface area contributed by atoms with Gasteiger partial charge in [0.05, 0.1) is 20.7 Å². The second-order valence-electron chi connectivity index (χ2n) is 3.66. The van der Waals surface area contributed by atoms with Crippen LogP contribution in [-0.4, -0.2) is 21.9 Å². The molecule has 20 heavy (non-hydrogen) atoms. The van der Waals surface area contributed by atoms with E-state index in [1.807, 2.05) is 0 Å². The molecule has 0 radical (unpaired) electrons. The first-order valence-electron chi connectivity index (χ1n) is 5.43. The lowest BCUT2D eigenvalue weighted by molar-refractivity contribution is -0.384. The molecule has 0 fully saturated rings. The Morgan fingerprint density at radius 1 is 1.30 bits per heavy atom. The summed E-state index contributed by atoms with van der Waals surface area (Å²) in [5.74, 6) is 0.241. The minimum absolute atomic E-state index is 0.00403. The number of halogens is 2. The summed E-state index contributed by atoms with van der Waals surface area (Å²) in [6.45, 7) is 0. The molecule has 2 aromatic rings. The van der Waals surface area contributed by atoms with Crippen molar-refractivity contribution in [1.82, 2.24) is 9.97 Å². The van der Waals surface area contributed by atoms with E-state index in [1.54, 1.807) is 25.2 Å². The molecule has 0 amide bonds. The number of aromatic nitrogens is 2. The molecule has 0 bridgehead atoms. The SMILES string of the molecule is CNc1ncc([N+](=O)[O-])c(Nc2c(Cl)cccc2Cl)n1. The Morgan fingerprint density at radius 3 is 2.50 bits per heavy atom. The Morgan fingerprint density at radius 2 is 1.95 bits per heavy atom. The number of hydrogen-bond donors (Lipinski definition) is 2. The van der Waals surface area contributed by atoms with E-state index in [4.69, 9.17) is 23.2 Å².